The fourth-order valence-corrected chi connectivity index (χ4v) is 1.58. The summed E-state index contributed by atoms with van der Waals surface area (Å²) >= 11 is 0. The maximum atomic E-state index is 12.3. The van der Waals surface area contributed by atoms with E-state index < -0.39 is 0 Å². The van der Waals surface area contributed by atoms with Gasteiger partial charge in [0.25, 0.3) is 0 Å². The van der Waals surface area contributed by atoms with Crippen molar-refractivity contribution in [2.45, 2.75) is 0 Å². The molecule has 0 saturated heterocycles. The minimum Gasteiger partial charge on any atom is -0.489 e. The lowest BCUT2D eigenvalue weighted by Crippen LogP contribution is -2.05. The van der Waals surface area contributed by atoms with Crippen molar-refractivity contribution < 1.29 is 9.53 Å². The Hall–Kier alpha value is -2.42. The lowest BCUT2D eigenvalue weighted by atomic mass is 10.0. The number of carbonyl (C=O) groups is 1. The maximum Gasteiger partial charge on any atom is 0.198 e. The van der Waals surface area contributed by atoms with Gasteiger partial charge in [-0.3, -0.25) is 9.78 Å². The van der Waals surface area contributed by atoms with Crippen LogP contribution in [-0.2, 0) is 0 Å². The molecule has 1 aromatic heterocycles. The van der Waals surface area contributed by atoms with Gasteiger partial charge in [0.15, 0.2) is 5.78 Å². The number of pyridine rings is 1. The van der Waals surface area contributed by atoms with E-state index in [1.807, 2.05) is 12.1 Å². The monoisotopic (exact) mass is 239 g/mol. The van der Waals surface area contributed by atoms with Crippen LogP contribution in [0.15, 0.2) is 61.4 Å². The van der Waals surface area contributed by atoms with Crippen LogP contribution in [0.2, 0.25) is 0 Å². The molecule has 0 spiro atoms. The Morgan fingerprint density at radius 2 is 2.11 bits per heavy atom. The molecule has 18 heavy (non-hydrogen) atoms. The lowest BCUT2D eigenvalue weighted by molar-refractivity contribution is 0.103. The number of carbonyl (C=O) groups excluding carboxylic acids is 1. The second kappa shape index (κ2) is 5.77. The van der Waals surface area contributed by atoms with E-state index in [-0.39, 0.29) is 5.78 Å². The molecule has 0 bridgehead atoms. The van der Waals surface area contributed by atoms with Crippen LogP contribution in [0.3, 0.4) is 0 Å². The molecule has 3 heteroatoms. The smallest absolute Gasteiger partial charge is 0.198 e. The van der Waals surface area contributed by atoms with Crippen molar-refractivity contribution >= 4 is 5.78 Å². The first-order valence-electron chi connectivity index (χ1n) is 5.60. The number of para-hydroxylation sites is 1. The Morgan fingerprint density at radius 1 is 1.28 bits per heavy atom. The predicted octanol–water partition coefficient (Wildman–Crippen LogP) is 2.88. The topological polar surface area (TPSA) is 39.2 Å². The van der Waals surface area contributed by atoms with Gasteiger partial charge in [-0.1, -0.05) is 24.8 Å². The van der Waals surface area contributed by atoms with Gasteiger partial charge >= 0.3 is 0 Å². The quantitative estimate of drug-likeness (QED) is 0.595. The molecule has 0 aliphatic rings. The molecule has 0 saturated carbocycles. The van der Waals surface area contributed by atoms with Gasteiger partial charge in [-0.05, 0) is 24.3 Å². The molecule has 1 heterocycles. The lowest BCUT2D eigenvalue weighted by Gasteiger charge is -2.08. The van der Waals surface area contributed by atoms with E-state index in [2.05, 4.69) is 11.6 Å². The van der Waals surface area contributed by atoms with Crippen molar-refractivity contribution in [1.82, 2.24) is 4.98 Å². The van der Waals surface area contributed by atoms with E-state index in [0.717, 1.165) is 0 Å². The van der Waals surface area contributed by atoms with Crippen molar-refractivity contribution in [2.24, 2.45) is 0 Å². The highest BCUT2D eigenvalue weighted by molar-refractivity contribution is 6.10. The Labute approximate surface area is 106 Å². The van der Waals surface area contributed by atoms with Crippen molar-refractivity contribution in [3.63, 3.8) is 0 Å². The van der Waals surface area contributed by atoms with E-state index in [0.29, 0.717) is 23.5 Å². The summed E-state index contributed by atoms with van der Waals surface area (Å²) in [7, 11) is 0. The Bertz CT molecular complexity index is 549. The van der Waals surface area contributed by atoms with Crippen LogP contribution in [0, 0.1) is 0 Å². The van der Waals surface area contributed by atoms with Gasteiger partial charge in [0.05, 0.1) is 5.56 Å². The van der Waals surface area contributed by atoms with E-state index in [9.17, 15) is 4.79 Å². The molecule has 0 amide bonds. The third-order valence-corrected chi connectivity index (χ3v) is 2.41. The Kier molecular flexibility index (Phi) is 3.86. The van der Waals surface area contributed by atoms with Gasteiger partial charge in [-0.25, -0.2) is 0 Å². The molecule has 0 unspecified atom stereocenters. The summed E-state index contributed by atoms with van der Waals surface area (Å²) in [4.78, 5) is 16.2. The Morgan fingerprint density at radius 3 is 2.83 bits per heavy atom. The first-order valence-corrected chi connectivity index (χ1v) is 5.60. The van der Waals surface area contributed by atoms with Crippen LogP contribution in [0.25, 0.3) is 0 Å². The normalized spacial score (nSPS) is 9.78. The highest BCUT2D eigenvalue weighted by Gasteiger charge is 2.13. The molecule has 90 valence electrons. The molecule has 0 fully saturated rings. The average Bonchev–Trinajstić information content (AvgIpc) is 2.45. The first kappa shape index (κ1) is 12.0. The molecule has 0 N–H and O–H groups in total. The second-order valence-corrected chi connectivity index (χ2v) is 3.67. The Balaban J connectivity index is 2.33. The van der Waals surface area contributed by atoms with Crippen LogP contribution >= 0.6 is 0 Å². The van der Waals surface area contributed by atoms with Gasteiger partial charge in [0.1, 0.15) is 12.4 Å². The number of hydrogen-bond acceptors (Lipinski definition) is 3. The molecule has 0 radical (unpaired) electrons. The number of aromatic nitrogens is 1. The first-order chi connectivity index (χ1) is 8.83. The molecular formula is C15H13NO2. The van der Waals surface area contributed by atoms with Crippen molar-refractivity contribution in [3.8, 4) is 5.75 Å². The van der Waals surface area contributed by atoms with Gasteiger partial charge in [-0.15, -0.1) is 0 Å². The molecule has 0 aliphatic carbocycles. The van der Waals surface area contributed by atoms with Gasteiger partial charge in [0, 0.05) is 18.0 Å². The van der Waals surface area contributed by atoms with Crippen LogP contribution in [0.1, 0.15) is 15.9 Å². The van der Waals surface area contributed by atoms with Gasteiger partial charge in [-0.2, -0.15) is 0 Å². The minimum absolute atomic E-state index is 0.0947. The second-order valence-electron chi connectivity index (χ2n) is 3.67. The van der Waals surface area contributed by atoms with Crippen LogP contribution in [-0.4, -0.2) is 17.4 Å². The third-order valence-electron chi connectivity index (χ3n) is 2.41. The highest BCUT2D eigenvalue weighted by Crippen LogP contribution is 2.21. The van der Waals surface area contributed by atoms with Crippen LogP contribution in [0.4, 0.5) is 0 Å². The summed E-state index contributed by atoms with van der Waals surface area (Å²) in [6.45, 7) is 3.96. The number of hydrogen-bond donors (Lipinski definition) is 0. The summed E-state index contributed by atoms with van der Waals surface area (Å²) in [6, 6.07) is 10.6. The zero-order chi connectivity index (χ0) is 12.8. The average molecular weight is 239 g/mol. The number of nitrogens with zero attached hydrogens (tertiary/aromatic N) is 1. The summed E-state index contributed by atoms with van der Waals surface area (Å²) in [5.74, 6) is 0.467. The van der Waals surface area contributed by atoms with E-state index in [4.69, 9.17) is 4.74 Å². The van der Waals surface area contributed by atoms with Crippen LogP contribution < -0.4 is 4.74 Å². The summed E-state index contributed by atoms with van der Waals surface area (Å²) < 4.78 is 5.47. The zero-order valence-corrected chi connectivity index (χ0v) is 9.87. The van der Waals surface area contributed by atoms with Gasteiger partial charge in [0.2, 0.25) is 0 Å². The summed E-state index contributed by atoms with van der Waals surface area (Å²) in [5.41, 5.74) is 1.08. The highest BCUT2D eigenvalue weighted by atomic mass is 16.5. The number of ether oxygens (including phenoxy) is 1. The number of rotatable bonds is 5. The fraction of sp³-hybridized carbons (Fsp3) is 0.0667. The van der Waals surface area contributed by atoms with Crippen molar-refractivity contribution in [2.75, 3.05) is 6.61 Å². The SMILES string of the molecule is C=CCOc1ccccc1C(=O)c1cccnc1. The maximum absolute atomic E-state index is 12.3. The van der Waals surface area contributed by atoms with E-state index in [1.165, 1.54) is 0 Å². The predicted molar refractivity (Wildman–Crippen MR) is 69.8 cm³/mol. The molecule has 2 rings (SSSR count). The van der Waals surface area contributed by atoms with Crippen molar-refractivity contribution in [3.05, 3.63) is 72.6 Å². The minimum atomic E-state index is -0.0947. The van der Waals surface area contributed by atoms with Crippen molar-refractivity contribution in [1.29, 1.82) is 0 Å². The largest absolute Gasteiger partial charge is 0.489 e. The molecule has 2 aromatic rings. The van der Waals surface area contributed by atoms with Gasteiger partial charge < -0.3 is 4.74 Å². The number of benzene rings is 1. The number of ketones is 1. The molecule has 0 atom stereocenters. The molecule has 0 aliphatic heterocycles. The molecule has 3 nitrogen and oxygen atoms in total. The van der Waals surface area contributed by atoms with E-state index in [1.54, 1.807) is 42.7 Å². The molecule has 1 aromatic carbocycles. The fourth-order valence-electron chi connectivity index (χ4n) is 1.58. The van der Waals surface area contributed by atoms with E-state index >= 15 is 0 Å². The molecular weight excluding hydrogens is 226 g/mol. The summed E-state index contributed by atoms with van der Waals surface area (Å²) in [6.07, 6.45) is 4.83. The van der Waals surface area contributed by atoms with Crippen LogP contribution in [0.5, 0.6) is 5.75 Å². The summed E-state index contributed by atoms with van der Waals surface area (Å²) in [5, 5.41) is 0. The third kappa shape index (κ3) is 2.63. The zero-order valence-electron chi connectivity index (χ0n) is 9.87. The standard InChI is InChI=1S/C15H13NO2/c1-2-10-18-14-8-4-3-7-13(14)15(17)12-6-5-9-16-11-12/h2-9,11H,1,10H2.